The van der Waals surface area contributed by atoms with Gasteiger partial charge in [0.2, 0.25) is 5.91 Å². The lowest BCUT2D eigenvalue weighted by Crippen LogP contribution is -2.36. The maximum atomic E-state index is 13.2. The van der Waals surface area contributed by atoms with Gasteiger partial charge in [0.25, 0.3) is 0 Å². The Bertz CT molecular complexity index is 550. The zero-order chi connectivity index (χ0) is 16.7. The number of carboxylic acids is 1. The number of benzene rings is 1. The van der Waals surface area contributed by atoms with Gasteiger partial charge in [0.15, 0.2) is 0 Å². The Labute approximate surface area is 135 Å². The third-order valence-electron chi connectivity index (χ3n) is 4.05. The fourth-order valence-corrected chi connectivity index (χ4v) is 2.83. The number of nitrogens with zero attached hydrogens (tertiary/aromatic N) is 2. The fraction of sp³-hybridized carbons (Fsp3) is 0.529. The fourth-order valence-electron chi connectivity index (χ4n) is 2.83. The largest absolute Gasteiger partial charge is 0.481 e. The maximum absolute atomic E-state index is 13.2. The normalized spacial score (nSPS) is 16.1. The molecule has 5 nitrogen and oxygen atoms in total. The van der Waals surface area contributed by atoms with Gasteiger partial charge >= 0.3 is 5.97 Å². The number of halogens is 1. The molecule has 0 atom stereocenters. The second kappa shape index (κ2) is 8.62. The lowest BCUT2D eigenvalue weighted by molar-refractivity contribution is -0.137. The Hall–Kier alpha value is -1.95. The van der Waals surface area contributed by atoms with Crippen LogP contribution >= 0.6 is 0 Å². The number of carbonyl (C=O) groups is 2. The number of carboxylic acid groups (broad SMARTS) is 1. The predicted octanol–water partition coefficient (Wildman–Crippen LogP) is 1.77. The molecule has 1 N–H and O–H groups in total. The van der Waals surface area contributed by atoms with E-state index in [0.717, 1.165) is 26.1 Å². The van der Waals surface area contributed by atoms with Gasteiger partial charge < -0.3 is 14.9 Å². The van der Waals surface area contributed by atoms with Gasteiger partial charge in [-0.1, -0.05) is 12.1 Å². The van der Waals surface area contributed by atoms with Crippen LogP contribution in [0.25, 0.3) is 0 Å². The molecule has 126 valence electrons. The van der Waals surface area contributed by atoms with E-state index in [1.165, 1.54) is 12.1 Å². The molecule has 0 saturated carbocycles. The molecule has 23 heavy (non-hydrogen) atoms. The highest BCUT2D eigenvalue weighted by molar-refractivity contribution is 5.78. The van der Waals surface area contributed by atoms with Crippen molar-refractivity contribution in [3.63, 3.8) is 0 Å². The van der Waals surface area contributed by atoms with Crippen LogP contribution in [-0.2, 0) is 16.0 Å². The highest BCUT2D eigenvalue weighted by atomic mass is 19.1. The quantitative estimate of drug-likeness (QED) is 0.867. The summed E-state index contributed by atoms with van der Waals surface area (Å²) in [6.45, 7) is 3.72. The van der Waals surface area contributed by atoms with Crippen LogP contribution in [0, 0.1) is 5.82 Å². The van der Waals surface area contributed by atoms with Gasteiger partial charge in [0.05, 0.1) is 6.42 Å². The third-order valence-corrected chi connectivity index (χ3v) is 4.05. The van der Waals surface area contributed by atoms with Crippen LogP contribution in [0.15, 0.2) is 24.3 Å². The van der Waals surface area contributed by atoms with Gasteiger partial charge in [-0.05, 0) is 43.6 Å². The molecule has 1 aromatic rings. The highest BCUT2D eigenvalue weighted by Crippen LogP contribution is 2.09. The Balaban J connectivity index is 1.80. The number of hydrogen-bond acceptors (Lipinski definition) is 3. The zero-order valence-electron chi connectivity index (χ0n) is 13.2. The van der Waals surface area contributed by atoms with Gasteiger partial charge in [-0.2, -0.15) is 0 Å². The minimum atomic E-state index is -0.772. The Morgan fingerprint density at radius 1 is 1.17 bits per heavy atom. The minimum Gasteiger partial charge on any atom is -0.481 e. The van der Waals surface area contributed by atoms with Crippen molar-refractivity contribution in [1.29, 1.82) is 0 Å². The van der Waals surface area contributed by atoms with Crippen LogP contribution in [0.5, 0.6) is 0 Å². The summed E-state index contributed by atoms with van der Waals surface area (Å²) in [6, 6.07) is 6.14. The molecule has 1 aliphatic heterocycles. The summed E-state index contributed by atoms with van der Waals surface area (Å²) < 4.78 is 13.2. The maximum Gasteiger partial charge on any atom is 0.303 e. The molecule has 0 aromatic heterocycles. The molecule has 0 bridgehead atoms. The molecule has 0 unspecified atom stereocenters. The van der Waals surface area contributed by atoms with E-state index in [9.17, 15) is 14.0 Å². The van der Waals surface area contributed by atoms with E-state index in [-0.39, 0.29) is 24.6 Å². The predicted molar refractivity (Wildman–Crippen MR) is 84.6 cm³/mol. The van der Waals surface area contributed by atoms with Crippen molar-refractivity contribution >= 4 is 11.9 Å². The average Bonchev–Trinajstić information content (AvgIpc) is 2.72. The number of rotatable bonds is 6. The van der Waals surface area contributed by atoms with Crippen molar-refractivity contribution in [3.8, 4) is 0 Å². The second-order valence-corrected chi connectivity index (χ2v) is 5.88. The number of amides is 1. The summed E-state index contributed by atoms with van der Waals surface area (Å²) in [5.74, 6) is -1.08. The van der Waals surface area contributed by atoms with E-state index in [0.29, 0.717) is 25.1 Å². The van der Waals surface area contributed by atoms with E-state index < -0.39 is 5.97 Å². The van der Waals surface area contributed by atoms with Gasteiger partial charge in [-0.15, -0.1) is 0 Å². The monoisotopic (exact) mass is 322 g/mol. The summed E-state index contributed by atoms with van der Waals surface area (Å²) in [5.41, 5.74) is 0.692. The smallest absolute Gasteiger partial charge is 0.303 e. The first kappa shape index (κ1) is 17.4. The van der Waals surface area contributed by atoms with Crippen LogP contribution < -0.4 is 0 Å². The molecule has 0 aliphatic carbocycles. The van der Waals surface area contributed by atoms with Crippen LogP contribution in [0.4, 0.5) is 4.39 Å². The van der Waals surface area contributed by atoms with E-state index in [4.69, 9.17) is 5.11 Å². The highest BCUT2D eigenvalue weighted by Gasteiger charge is 2.19. The van der Waals surface area contributed by atoms with Crippen molar-refractivity contribution < 1.29 is 19.1 Å². The van der Waals surface area contributed by atoms with Crippen LogP contribution in [0.1, 0.15) is 24.8 Å². The van der Waals surface area contributed by atoms with E-state index in [2.05, 4.69) is 4.90 Å². The first-order valence-electron chi connectivity index (χ1n) is 8.01. The van der Waals surface area contributed by atoms with Crippen LogP contribution in [-0.4, -0.2) is 59.5 Å². The van der Waals surface area contributed by atoms with Gasteiger partial charge in [0, 0.05) is 26.1 Å². The summed E-state index contributed by atoms with van der Waals surface area (Å²) in [7, 11) is 0. The van der Waals surface area contributed by atoms with E-state index in [1.54, 1.807) is 12.1 Å². The van der Waals surface area contributed by atoms with Crippen molar-refractivity contribution in [3.05, 3.63) is 35.6 Å². The van der Waals surface area contributed by atoms with Gasteiger partial charge in [-0.25, -0.2) is 4.39 Å². The van der Waals surface area contributed by atoms with Gasteiger partial charge in [-0.3, -0.25) is 9.59 Å². The summed E-state index contributed by atoms with van der Waals surface area (Å²) >= 11 is 0. The number of carbonyl (C=O) groups excluding carboxylic acids is 1. The molecule has 1 heterocycles. The molecule has 1 saturated heterocycles. The van der Waals surface area contributed by atoms with Gasteiger partial charge in [0.1, 0.15) is 5.82 Å². The number of hydrogen-bond donors (Lipinski definition) is 1. The van der Waals surface area contributed by atoms with Crippen LogP contribution in [0.3, 0.4) is 0 Å². The van der Waals surface area contributed by atoms with Crippen molar-refractivity contribution in [2.24, 2.45) is 0 Å². The molecule has 6 heteroatoms. The van der Waals surface area contributed by atoms with Crippen molar-refractivity contribution in [1.82, 2.24) is 9.80 Å². The first-order chi connectivity index (χ1) is 11.0. The molecule has 2 rings (SSSR count). The molecule has 1 amide bonds. The zero-order valence-corrected chi connectivity index (χ0v) is 13.2. The van der Waals surface area contributed by atoms with Crippen LogP contribution in [0.2, 0.25) is 0 Å². The molecule has 1 aliphatic rings. The molecule has 1 aromatic carbocycles. The molecular weight excluding hydrogens is 299 g/mol. The molecule has 0 spiro atoms. The standard InChI is InChI=1S/C17H23FN2O3/c18-15-5-1-4-14(12-15)13-16(21)20-9-3-8-19(10-11-20)7-2-6-17(22)23/h1,4-5,12H,2-3,6-11,13H2,(H,22,23). The summed E-state index contributed by atoms with van der Waals surface area (Å²) in [6.07, 6.45) is 1.91. The van der Waals surface area contributed by atoms with E-state index in [1.807, 2.05) is 4.90 Å². The molecule has 0 radical (unpaired) electrons. The van der Waals surface area contributed by atoms with E-state index >= 15 is 0 Å². The number of aliphatic carboxylic acids is 1. The lowest BCUT2D eigenvalue weighted by Gasteiger charge is -2.22. The molecule has 1 fully saturated rings. The SMILES string of the molecule is O=C(O)CCCN1CCCN(C(=O)Cc2cccc(F)c2)CC1. The lowest BCUT2D eigenvalue weighted by atomic mass is 10.1. The first-order valence-corrected chi connectivity index (χ1v) is 8.01. The Morgan fingerprint density at radius 3 is 2.74 bits per heavy atom. The summed E-state index contributed by atoms with van der Waals surface area (Å²) in [4.78, 5) is 26.9. The second-order valence-electron chi connectivity index (χ2n) is 5.88. The third kappa shape index (κ3) is 5.98. The van der Waals surface area contributed by atoms with Crippen molar-refractivity contribution in [2.45, 2.75) is 25.7 Å². The summed E-state index contributed by atoms with van der Waals surface area (Å²) in [5, 5.41) is 8.67. The average molecular weight is 322 g/mol. The topological polar surface area (TPSA) is 60.9 Å². The minimum absolute atomic E-state index is 0.0167. The molecular formula is C17H23FN2O3. The Morgan fingerprint density at radius 2 is 2.00 bits per heavy atom. The van der Waals surface area contributed by atoms with Crippen molar-refractivity contribution in [2.75, 3.05) is 32.7 Å². The Kier molecular flexibility index (Phi) is 6.52.